The number of urea groups is 1. The summed E-state index contributed by atoms with van der Waals surface area (Å²) in [6, 6.07) is 5.79. The molecule has 0 aliphatic rings. The summed E-state index contributed by atoms with van der Waals surface area (Å²) in [4.78, 5) is 15.8. The molecule has 0 fully saturated rings. The normalized spacial score (nSPS) is 10.5. The number of hydrogen-bond acceptors (Lipinski definition) is 2. The number of aliphatic imine (C=N–C) groups is 1. The number of anilines is 1. The maximum Gasteiger partial charge on any atom is 0.326 e. The number of amides is 2. The molecule has 1 aromatic carbocycles. The summed E-state index contributed by atoms with van der Waals surface area (Å²) in [5.74, 6) is 0.435. The van der Waals surface area contributed by atoms with E-state index in [1.807, 2.05) is 18.2 Å². The first-order chi connectivity index (χ1) is 9.15. The Hall–Kier alpha value is -1.75. The van der Waals surface area contributed by atoms with E-state index in [0.717, 1.165) is 29.7 Å². The highest BCUT2D eigenvalue weighted by Gasteiger charge is 2.10. The molecule has 1 rings (SSSR count). The monoisotopic (exact) mass is 298 g/mol. The van der Waals surface area contributed by atoms with Gasteiger partial charge in [-0.15, -0.1) is 12.4 Å². The minimum Gasteiger partial charge on any atom is -0.359 e. The molecular weight excluding hydrogens is 276 g/mol. The molecule has 0 aromatic heterocycles. The molecule has 112 valence electrons. The number of carbonyl (C=O) groups excluding carboxylic acids is 1. The Kier molecular flexibility index (Phi) is 8.40. The zero-order chi connectivity index (χ0) is 14.3. The highest BCUT2D eigenvalue weighted by molar-refractivity contribution is 6.02. The van der Waals surface area contributed by atoms with Crippen LogP contribution in [-0.4, -0.2) is 26.1 Å². The minimum absolute atomic E-state index is 0. The van der Waals surface area contributed by atoms with Gasteiger partial charge in [0.05, 0.1) is 0 Å². The fraction of sp³-hybridized carbons (Fsp3) is 0.429. The van der Waals surface area contributed by atoms with Gasteiger partial charge >= 0.3 is 6.03 Å². The third-order valence-electron chi connectivity index (χ3n) is 2.93. The fourth-order valence-electron chi connectivity index (χ4n) is 1.89. The van der Waals surface area contributed by atoms with E-state index in [1.54, 1.807) is 14.1 Å². The van der Waals surface area contributed by atoms with Crippen LogP contribution >= 0.6 is 12.4 Å². The van der Waals surface area contributed by atoms with Gasteiger partial charge < -0.3 is 10.6 Å². The molecule has 0 aliphatic carbocycles. The molecule has 0 aliphatic heterocycles. The zero-order valence-corrected chi connectivity index (χ0v) is 13.2. The molecule has 20 heavy (non-hydrogen) atoms. The van der Waals surface area contributed by atoms with Gasteiger partial charge in [-0.1, -0.05) is 32.0 Å². The smallest absolute Gasteiger partial charge is 0.326 e. The van der Waals surface area contributed by atoms with Gasteiger partial charge in [0.25, 0.3) is 0 Å². The molecule has 5 nitrogen and oxygen atoms in total. The Bertz CT molecular complexity index is 452. The molecule has 0 spiro atoms. The van der Waals surface area contributed by atoms with Crippen LogP contribution in [0.1, 0.15) is 25.0 Å². The largest absolute Gasteiger partial charge is 0.359 e. The number of nitrogens with one attached hydrogen (secondary N) is 3. The number of benzene rings is 1. The quantitative estimate of drug-likeness (QED) is 0.593. The lowest BCUT2D eigenvalue weighted by molar-refractivity contribution is 0.256. The predicted octanol–water partition coefficient (Wildman–Crippen LogP) is 2.56. The van der Waals surface area contributed by atoms with Gasteiger partial charge in [0.2, 0.25) is 0 Å². The Balaban J connectivity index is 0.00000361. The lowest BCUT2D eigenvalue weighted by Gasteiger charge is -2.15. The number of guanidine groups is 1. The lowest BCUT2D eigenvalue weighted by Crippen LogP contribution is -2.41. The summed E-state index contributed by atoms with van der Waals surface area (Å²) in [7, 11) is 3.32. The van der Waals surface area contributed by atoms with Crippen LogP contribution in [0.4, 0.5) is 10.5 Å². The maximum absolute atomic E-state index is 11.9. The number of rotatable bonds is 3. The molecule has 0 unspecified atom stereocenters. The number of nitrogens with zero attached hydrogens (tertiary/aromatic N) is 1. The average molecular weight is 299 g/mol. The van der Waals surface area contributed by atoms with E-state index in [2.05, 4.69) is 34.8 Å². The first-order valence-electron chi connectivity index (χ1n) is 6.49. The van der Waals surface area contributed by atoms with E-state index in [9.17, 15) is 4.79 Å². The SMILES string of the molecule is CCc1cccc(CC)c1NC(=O)NC(=NC)NC.Cl. The fourth-order valence-corrected chi connectivity index (χ4v) is 1.89. The second kappa shape index (κ2) is 9.20. The molecule has 2 amide bonds. The molecule has 0 bridgehead atoms. The van der Waals surface area contributed by atoms with Gasteiger partial charge in [0.1, 0.15) is 0 Å². The van der Waals surface area contributed by atoms with Crippen molar-refractivity contribution in [3.05, 3.63) is 29.3 Å². The molecule has 0 saturated heterocycles. The molecule has 6 heteroatoms. The van der Waals surface area contributed by atoms with E-state index in [4.69, 9.17) is 0 Å². The van der Waals surface area contributed by atoms with Crippen molar-refractivity contribution < 1.29 is 4.79 Å². The van der Waals surface area contributed by atoms with Crippen LogP contribution in [0.2, 0.25) is 0 Å². The van der Waals surface area contributed by atoms with Crippen LogP contribution in [-0.2, 0) is 12.8 Å². The molecule has 0 radical (unpaired) electrons. The van der Waals surface area contributed by atoms with Gasteiger partial charge in [-0.3, -0.25) is 10.3 Å². The summed E-state index contributed by atoms with van der Waals surface area (Å²) in [6.07, 6.45) is 1.76. The molecule has 0 atom stereocenters. The number of aryl methyl sites for hydroxylation is 2. The van der Waals surface area contributed by atoms with E-state index in [1.165, 1.54) is 0 Å². The summed E-state index contributed by atoms with van der Waals surface area (Å²) in [5.41, 5.74) is 3.17. The van der Waals surface area contributed by atoms with E-state index in [-0.39, 0.29) is 18.4 Å². The van der Waals surface area contributed by atoms with Gasteiger partial charge in [-0.2, -0.15) is 0 Å². The Morgan fingerprint density at radius 2 is 1.75 bits per heavy atom. The van der Waals surface area contributed by atoms with Gasteiger partial charge in [-0.25, -0.2) is 4.79 Å². The standard InChI is InChI=1S/C14H22N4O.ClH/c1-5-10-8-7-9-11(6-2)12(10)17-14(19)18-13(15-3)16-4;/h7-9H,5-6H2,1-4H3,(H3,15,16,17,18,19);1H. The lowest BCUT2D eigenvalue weighted by atomic mass is 10.0. The topological polar surface area (TPSA) is 65.5 Å². The van der Waals surface area contributed by atoms with Crippen molar-refractivity contribution in [2.45, 2.75) is 26.7 Å². The number of halogens is 1. The van der Waals surface area contributed by atoms with Crippen molar-refractivity contribution in [2.75, 3.05) is 19.4 Å². The average Bonchev–Trinajstić information content (AvgIpc) is 2.44. The Morgan fingerprint density at radius 3 is 2.15 bits per heavy atom. The third kappa shape index (κ3) is 4.74. The van der Waals surface area contributed by atoms with Gasteiger partial charge in [0, 0.05) is 19.8 Å². The summed E-state index contributed by atoms with van der Waals surface area (Å²) in [6.45, 7) is 4.15. The third-order valence-corrected chi connectivity index (χ3v) is 2.93. The van der Waals surface area contributed by atoms with E-state index < -0.39 is 0 Å². The molecule has 1 aromatic rings. The number of carbonyl (C=O) groups is 1. The molecule has 3 N–H and O–H groups in total. The van der Waals surface area contributed by atoms with Crippen LogP contribution in [0.25, 0.3) is 0 Å². The van der Waals surface area contributed by atoms with Crippen LogP contribution in [0.15, 0.2) is 23.2 Å². The summed E-state index contributed by atoms with van der Waals surface area (Å²) < 4.78 is 0. The second-order valence-electron chi connectivity index (χ2n) is 4.06. The van der Waals surface area contributed by atoms with E-state index in [0.29, 0.717) is 5.96 Å². The van der Waals surface area contributed by atoms with Crippen LogP contribution in [0.3, 0.4) is 0 Å². The van der Waals surface area contributed by atoms with Crippen LogP contribution in [0.5, 0.6) is 0 Å². The van der Waals surface area contributed by atoms with Crippen molar-refractivity contribution in [3.8, 4) is 0 Å². The Morgan fingerprint density at radius 1 is 1.20 bits per heavy atom. The van der Waals surface area contributed by atoms with Crippen molar-refractivity contribution in [3.63, 3.8) is 0 Å². The van der Waals surface area contributed by atoms with Gasteiger partial charge in [0.15, 0.2) is 5.96 Å². The predicted molar refractivity (Wildman–Crippen MR) is 87.0 cm³/mol. The second-order valence-corrected chi connectivity index (χ2v) is 4.06. The van der Waals surface area contributed by atoms with E-state index >= 15 is 0 Å². The van der Waals surface area contributed by atoms with Crippen molar-refractivity contribution in [2.24, 2.45) is 4.99 Å². The number of hydrogen-bond donors (Lipinski definition) is 3. The van der Waals surface area contributed by atoms with Crippen molar-refractivity contribution in [1.29, 1.82) is 0 Å². The molecule has 0 heterocycles. The van der Waals surface area contributed by atoms with Crippen LogP contribution in [0, 0.1) is 0 Å². The Labute approximate surface area is 126 Å². The summed E-state index contributed by atoms with van der Waals surface area (Å²) >= 11 is 0. The molecular formula is C14H23ClN4O. The summed E-state index contributed by atoms with van der Waals surface area (Å²) in [5, 5.41) is 8.37. The first kappa shape index (κ1) is 18.2. The van der Waals surface area contributed by atoms with Crippen molar-refractivity contribution >= 4 is 30.1 Å². The highest BCUT2D eigenvalue weighted by atomic mass is 35.5. The van der Waals surface area contributed by atoms with Gasteiger partial charge in [-0.05, 0) is 24.0 Å². The minimum atomic E-state index is -0.287. The highest BCUT2D eigenvalue weighted by Crippen LogP contribution is 2.22. The zero-order valence-electron chi connectivity index (χ0n) is 12.4. The van der Waals surface area contributed by atoms with Crippen molar-refractivity contribution in [1.82, 2.24) is 10.6 Å². The molecule has 0 saturated carbocycles. The van der Waals surface area contributed by atoms with Crippen LogP contribution < -0.4 is 16.0 Å². The number of para-hydroxylation sites is 1. The maximum atomic E-state index is 11.9. The first-order valence-corrected chi connectivity index (χ1v) is 6.49.